The number of halogens is 1. The van der Waals surface area contributed by atoms with E-state index in [9.17, 15) is 9.18 Å². The van der Waals surface area contributed by atoms with Crippen LogP contribution in [0.3, 0.4) is 0 Å². The molecule has 0 aliphatic carbocycles. The molecule has 6 nitrogen and oxygen atoms in total. The van der Waals surface area contributed by atoms with Crippen LogP contribution in [0.4, 0.5) is 9.52 Å². The number of likely N-dealkylation sites (tertiary alicyclic amines) is 1. The first-order chi connectivity index (χ1) is 13.1. The Morgan fingerprint density at radius 3 is 2.81 bits per heavy atom. The average Bonchev–Trinajstić information content (AvgIpc) is 3.18. The van der Waals surface area contributed by atoms with Crippen LogP contribution in [0.25, 0.3) is 0 Å². The van der Waals surface area contributed by atoms with Crippen molar-refractivity contribution < 1.29 is 13.9 Å². The van der Waals surface area contributed by atoms with E-state index in [2.05, 4.69) is 20.5 Å². The van der Waals surface area contributed by atoms with Gasteiger partial charge < -0.3 is 15.4 Å². The van der Waals surface area contributed by atoms with Crippen molar-refractivity contribution in [3.8, 4) is 0 Å². The van der Waals surface area contributed by atoms with Crippen LogP contribution in [0.15, 0.2) is 35.8 Å². The Morgan fingerprint density at radius 2 is 2.15 bits per heavy atom. The lowest BCUT2D eigenvalue weighted by Crippen LogP contribution is -2.58. The van der Waals surface area contributed by atoms with Crippen molar-refractivity contribution in [2.75, 3.05) is 38.7 Å². The molecule has 1 aliphatic heterocycles. The molecule has 0 atom stereocenters. The van der Waals surface area contributed by atoms with Crippen molar-refractivity contribution in [1.29, 1.82) is 0 Å². The molecule has 0 spiro atoms. The first-order valence-electron chi connectivity index (χ1n) is 9.04. The van der Waals surface area contributed by atoms with Crippen LogP contribution in [-0.4, -0.2) is 54.7 Å². The summed E-state index contributed by atoms with van der Waals surface area (Å²) in [5.74, 6) is -0.229. The predicted octanol–water partition coefficient (Wildman–Crippen LogP) is 2.49. The molecule has 0 saturated carbocycles. The Bertz CT molecular complexity index is 733. The molecule has 0 bridgehead atoms. The maximum atomic E-state index is 13.9. The van der Waals surface area contributed by atoms with Gasteiger partial charge in [0, 0.05) is 50.4 Å². The summed E-state index contributed by atoms with van der Waals surface area (Å²) in [6.45, 7) is 2.88. The van der Waals surface area contributed by atoms with Crippen molar-refractivity contribution in [1.82, 2.24) is 15.2 Å². The van der Waals surface area contributed by atoms with Crippen molar-refractivity contribution >= 4 is 22.4 Å². The topological polar surface area (TPSA) is 66.5 Å². The largest absolute Gasteiger partial charge is 0.383 e. The molecule has 2 aromatic rings. The monoisotopic (exact) mass is 392 g/mol. The quantitative estimate of drug-likeness (QED) is 0.676. The molecular formula is C19H25FN4O2S. The maximum Gasteiger partial charge on any atom is 0.245 e. The van der Waals surface area contributed by atoms with E-state index in [1.807, 2.05) is 17.5 Å². The van der Waals surface area contributed by atoms with Crippen LogP contribution in [0.2, 0.25) is 0 Å². The number of rotatable bonds is 8. The molecule has 3 rings (SSSR count). The second-order valence-electron chi connectivity index (χ2n) is 6.66. The van der Waals surface area contributed by atoms with Gasteiger partial charge in [-0.2, -0.15) is 0 Å². The zero-order valence-electron chi connectivity index (χ0n) is 15.4. The fraction of sp³-hybridized carbons (Fsp3) is 0.474. The van der Waals surface area contributed by atoms with Gasteiger partial charge in [0.05, 0.1) is 6.61 Å². The van der Waals surface area contributed by atoms with Crippen LogP contribution in [0.5, 0.6) is 0 Å². The summed E-state index contributed by atoms with van der Waals surface area (Å²) >= 11 is 1.48. The number of carbonyl (C=O) groups is 1. The van der Waals surface area contributed by atoms with E-state index in [1.54, 1.807) is 19.4 Å². The molecular weight excluding hydrogens is 367 g/mol. The number of benzene rings is 1. The van der Waals surface area contributed by atoms with Gasteiger partial charge in [-0.3, -0.25) is 9.69 Å². The van der Waals surface area contributed by atoms with Crippen LogP contribution >= 0.6 is 11.3 Å². The highest BCUT2D eigenvalue weighted by Crippen LogP contribution is 2.29. The fourth-order valence-electron chi connectivity index (χ4n) is 3.29. The summed E-state index contributed by atoms with van der Waals surface area (Å²) in [5.41, 5.74) is -0.0282. The Kier molecular flexibility index (Phi) is 6.76. The molecule has 1 fully saturated rings. The van der Waals surface area contributed by atoms with E-state index < -0.39 is 5.54 Å². The fourth-order valence-corrected chi connectivity index (χ4v) is 3.92. The van der Waals surface area contributed by atoms with E-state index in [1.165, 1.54) is 17.4 Å². The summed E-state index contributed by atoms with van der Waals surface area (Å²) in [7, 11) is 1.61. The molecule has 1 aromatic carbocycles. The van der Waals surface area contributed by atoms with Gasteiger partial charge in [0.2, 0.25) is 5.91 Å². The molecule has 1 amide bonds. The highest BCUT2D eigenvalue weighted by molar-refractivity contribution is 7.13. The summed E-state index contributed by atoms with van der Waals surface area (Å²) < 4.78 is 19.0. The zero-order valence-corrected chi connectivity index (χ0v) is 16.2. The molecule has 0 unspecified atom stereocenters. The third-order valence-corrected chi connectivity index (χ3v) is 5.55. The van der Waals surface area contributed by atoms with Crippen molar-refractivity contribution in [2.45, 2.75) is 24.9 Å². The van der Waals surface area contributed by atoms with E-state index >= 15 is 0 Å². The van der Waals surface area contributed by atoms with Crippen molar-refractivity contribution in [2.24, 2.45) is 0 Å². The van der Waals surface area contributed by atoms with Crippen LogP contribution < -0.4 is 10.6 Å². The summed E-state index contributed by atoms with van der Waals surface area (Å²) in [6.07, 6.45) is 2.97. The number of hydrogen-bond acceptors (Lipinski definition) is 6. The van der Waals surface area contributed by atoms with Crippen LogP contribution in [0.1, 0.15) is 18.4 Å². The first-order valence-corrected chi connectivity index (χ1v) is 9.91. The van der Waals surface area contributed by atoms with Gasteiger partial charge in [0.15, 0.2) is 5.13 Å². The smallest absolute Gasteiger partial charge is 0.245 e. The SMILES string of the molecule is COCCNC(=O)C1(Nc2nccs2)CCN(Cc2ccccc2F)CC1. The predicted molar refractivity (Wildman–Crippen MR) is 104 cm³/mol. The van der Waals surface area contributed by atoms with E-state index in [4.69, 9.17) is 4.74 Å². The lowest BCUT2D eigenvalue weighted by Gasteiger charge is -2.41. The van der Waals surface area contributed by atoms with Gasteiger partial charge in [0.25, 0.3) is 0 Å². The van der Waals surface area contributed by atoms with E-state index in [-0.39, 0.29) is 11.7 Å². The van der Waals surface area contributed by atoms with Crippen molar-refractivity contribution in [3.63, 3.8) is 0 Å². The third-order valence-electron chi connectivity index (χ3n) is 4.87. The normalized spacial score (nSPS) is 16.8. The Balaban J connectivity index is 1.66. The summed E-state index contributed by atoms with van der Waals surface area (Å²) in [5, 5.41) is 8.92. The number of carbonyl (C=O) groups excluding carboxylic acids is 1. The molecule has 146 valence electrons. The van der Waals surface area contributed by atoms with Gasteiger partial charge in [0.1, 0.15) is 11.4 Å². The highest BCUT2D eigenvalue weighted by atomic mass is 32.1. The minimum atomic E-state index is -0.711. The molecule has 27 heavy (non-hydrogen) atoms. The summed E-state index contributed by atoms with van der Waals surface area (Å²) in [6, 6.07) is 6.83. The lowest BCUT2D eigenvalue weighted by molar-refractivity contribution is -0.127. The molecule has 1 aliphatic rings. The number of hydrogen-bond donors (Lipinski definition) is 2. The average molecular weight is 393 g/mol. The van der Waals surface area contributed by atoms with Gasteiger partial charge in [-0.25, -0.2) is 9.37 Å². The molecule has 2 N–H and O–H groups in total. The van der Waals surface area contributed by atoms with Gasteiger partial charge in [-0.1, -0.05) is 18.2 Å². The molecule has 2 heterocycles. The maximum absolute atomic E-state index is 13.9. The van der Waals surface area contributed by atoms with Crippen LogP contribution in [-0.2, 0) is 16.1 Å². The first kappa shape index (κ1) is 19.7. The minimum absolute atomic E-state index is 0.0414. The van der Waals surface area contributed by atoms with Gasteiger partial charge >= 0.3 is 0 Å². The summed E-state index contributed by atoms with van der Waals surface area (Å²) in [4.78, 5) is 19.4. The number of amides is 1. The molecule has 8 heteroatoms. The van der Waals surface area contributed by atoms with E-state index in [0.29, 0.717) is 51.2 Å². The number of thiazole rings is 1. The lowest BCUT2D eigenvalue weighted by atomic mass is 9.86. The molecule has 1 aromatic heterocycles. The van der Waals surface area contributed by atoms with E-state index in [0.717, 1.165) is 5.13 Å². The number of aromatic nitrogens is 1. The number of methoxy groups -OCH3 is 1. The minimum Gasteiger partial charge on any atom is -0.383 e. The van der Waals surface area contributed by atoms with Gasteiger partial charge in [-0.15, -0.1) is 11.3 Å². The molecule has 1 saturated heterocycles. The molecule has 0 radical (unpaired) electrons. The number of nitrogens with zero attached hydrogens (tertiary/aromatic N) is 2. The Morgan fingerprint density at radius 1 is 1.37 bits per heavy atom. The van der Waals surface area contributed by atoms with Crippen LogP contribution in [0, 0.1) is 5.82 Å². The second-order valence-corrected chi connectivity index (χ2v) is 7.56. The van der Waals surface area contributed by atoms with Gasteiger partial charge in [-0.05, 0) is 18.9 Å². The number of ether oxygens (including phenoxy) is 1. The number of nitrogens with one attached hydrogen (secondary N) is 2. The van der Waals surface area contributed by atoms with Crippen molar-refractivity contribution in [3.05, 3.63) is 47.2 Å². The second kappa shape index (κ2) is 9.25. The standard InChI is InChI=1S/C19H25FN4O2S/c1-26-12-8-21-17(25)19(23-18-22-9-13-27-18)6-10-24(11-7-19)14-15-4-2-3-5-16(15)20/h2-5,9,13H,6-8,10-12,14H2,1H3,(H,21,25)(H,22,23). The third kappa shape index (κ3) is 5.03. The highest BCUT2D eigenvalue weighted by Gasteiger charge is 2.41. The number of anilines is 1. The zero-order chi connectivity index (χ0) is 19.1. The Labute approximate surface area is 162 Å². The number of piperidine rings is 1. The Hall–Kier alpha value is -2.03.